The standard InChI is InChI=1S/C4H8O2.HNO2/c1-3(2)4(5)6;2-1-3/h3H,1-2H3,(H,5,6);(H,2,3). The van der Waals surface area contributed by atoms with Crippen molar-refractivity contribution in [2.45, 2.75) is 13.8 Å². The van der Waals surface area contributed by atoms with E-state index in [9.17, 15) is 4.79 Å². The molecule has 0 aliphatic heterocycles. The molecule has 54 valence electrons. The maximum atomic E-state index is 9.70. The van der Waals surface area contributed by atoms with Crippen LogP contribution in [-0.4, -0.2) is 16.3 Å². The predicted molar refractivity (Wildman–Crippen MR) is 30.1 cm³/mol. The van der Waals surface area contributed by atoms with Crippen molar-refractivity contribution in [2.24, 2.45) is 11.3 Å². The van der Waals surface area contributed by atoms with Crippen molar-refractivity contribution >= 4 is 5.97 Å². The molecule has 9 heavy (non-hydrogen) atoms. The van der Waals surface area contributed by atoms with Gasteiger partial charge in [-0.15, -0.1) is 4.91 Å². The van der Waals surface area contributed by atoms with Crippen LogP contribution in [0.15, 0.2) is 5.34 Å². The van der Waals surface area contributed by atoms with E-state index in [1.165, 1.54) is 5.34 Å². The van der Waals surface area contributed by atoms with Crippen molar-refractivity contribution in [3.8, 4) is 0 Å². The third kappa shape index (κ3) is 19.8. The van der Waals surface area contributed by atoms with Gasteiger partial charge in [0.2, 0.25) is 0 Å². The van der Waals surface area contributed by atoms with Crippen LogP contribution in [-0.2, 0) is 4.79 Å². The second-order valence-corrected chi connectivity index (χ2v) is 1.57. The Morgan fingerprint density at radius 1 is 1.56 bits per heavy atom. The molecule has 0 amide bonds. The minimum atomic E-state index is -0.741. The maximum absolute atomic E-state index is 9.70. The highest BCUT2D eigenvalue weighted by molar-refractivity contribution is 5.68. The largest absolute Gasteiger partial charge is 0.481 e. The number of carboxylic acids is 1. The first kappa shape index (κ1) is 10.8. The van der Waals surface area contributed by atoms with Crippen molar-refractivity contribution < 1.29 is 15.1 Å². The number of hydrogen-bond acceptors (Lipinski definition) is 3. The molecule has 2 N–H and O–H groups in total. The molecule has 5 nitrogen and oxygen atoms in total. The van der Waals surface area contributed by atoms with Gasteiger partial charge in [-0.3, -0.25) is 4.79 Å². The van der Waals surface area contributed by atoms with Gasteiger partial charge in [0.15, 0.2) is 5.34 Å². The molecular formula is C4H9NO4. The lowest BCUT2D eigenvalue weighted by Crippen LogP contribution is -2.03. The molecule has 0 aromatic rings. The smallest absolute Gasteiger partial charge is 0.305 e. The summed E-state index contributed by atoms with van der Waals surface area (Å²) < 4.78 is 0. The van der Waals surface area contributed by atoms with Crippen LogP contribution in [0.4, 0.5) is 0 Å². The molecule has 0 spiro atoms. The zero-order chi connectivity index (χ0) is 7.86. The topological polar surface area (TPSA) is 87.0 Å². The number of nitrogens with zero attached hydrogens (tertiary/aromatic N) is 1. The van der Waals surface area contributed by atoms with Crippen LogP contribution >= 0.6 is 0 Å². The van der Waals surface area contributed by atoms with Crippen LogP contribution in [0, 0.1) is 10.8 Å². The van der Waals surface area contributed by atoms with Crippen LogP contribution < -0.4 is 0 Å². The van der Waals surface area contributed by atoms with Crippen LogP contribution in [0.3, 0.4) is 0 Å². The van der Waals surface area contributed by atoms with E-state index in [4.69, 9.17) is 15.2 Å². The molecule has 0 saturated heterocycles. The quantitative estimate of drug-likeness (QED) is 0.412. The van der Waals surface area contributed by atoms with E-state index < -0.39 is 5.97 Å². The van der Waals surface area contributed by atoms with Crippen molar-refractivity contribution in [3.63, 3.8) is 0 Å². The van der Waals surface area contributed by atoms with Crippen molar-refractivity contribution in [1.29, 1.82) is 0 Å². The van der Waals surface area contributed by atoms with Gasteiger partial charge >= 0.3 is 5.97 Å². The molecule has 0 aliphatic rings. The van der Waals surface area contributed by atoms with Gasteiger partial charge in [-0.2, -0.15) is 0 Å². The normalized spacial score (nSPS) is 7.44. The summed E-state index contributed by atoms with van der Waals surface area (Å²) in [6, 6.07) is 0. The van der Waals surface area contributed by atoms with Gasteiger partial charge in [-0.25, -0.2) is 0 Å². The van der Waals surface area contributed by atoms with Crippen LogP contribution in [0.1, 0.15) is 13.8 Å². The highest BCUT2D eigenvalue weighted by atomic mass is 16.6. The van der Waals surface area contributed by atoms with E-state index in [0.29, 0.717) is 0 Å². The number of carbonyl (C=O) groups is 1. The molecule has 0 unspecified atom stereocenters. The van der Waals surface area contributed by atoms with Gasteiger partial charge in [0.05, 0.1) is 5.92 Å². The molecule has 0 rings (SSSR count). The Morgan fingerprint density at radius 2 is 1.67 bits per heavy atom. The Morgan fingerprint density at radius 3 is 1.67 bits per heavy atom. The third-order valence-corrected chi connectivity index (χ3v) is 0.494. The molecule has 0 heterocycles. The van der Waals surface area contributed by atoms with E-state index in [2.05, 4.69) is 0 Å². The summed E-state index contributed by atoms with van der Waals surface area (Å²) in [7, 11) is 0. The van der Waals surface area contributed by atoms with Gasteiger partial charge in [0.1, 0.15) is 0 Å². The lowest BCUT2D eigenvalue weighted by atomic mass is 10.2. The van der Waals surface area contributed by atoms with Crippen molar-refractivity contribution in [2.75, 3.05) is 0 Å². The molecule has 0 aliphatic carbocycles. The number of aliphatic carboxylic acids is 1. The van der Waals surface area contributed by atoms with Crippen LogP contribution in [0.25, 0.3) is 0 Å². The molecule has 0 aromatic carbocycles. The fraction of sp³-hybridized carbons (Fsp3) is 0.750. The number of rotatable bonds is 1. The molecule has 0 atom stereocenters. The Balaban J connectivity index is 0. The Hall–Kier alpha value is -1.13. The van der Waals surface area contributed by atoms with Crippen LogP contribution in [0.2, 0.25) is 0 Å². The summed E-state index contributed by atoms with van der Waals surface area (Å²) in [4.78, 5) is 17.8. The first-order chi connectivity index (χ1) is 4.06. The zero-order valence-electron chi connectivity index (χ0n) is 5.24. The van der Waals surface area contributed by atoms with Gasteiger partial charge in [-0.1, -0.05) is 13.8 Å². The minimum Gasteiger partial charge on any atom is -0.481 e. The highest BCUT2D eigenvalue weighted by Crippen LogP contribution is 1.87. The van der Waals surface area contributed by atoms with Gasteiger partial charge in [0, 0.05) is 0 Å². The summed E-state index contributed by atoms with van der Waals surface area (Å²) in [5.74, 6) is -0.972. The second kappa shape index (κ2) is 6.87. The molecule has 0 bridgehead atoms. The van der Waals surface area contributed by atoms with Crippen LogP contribution in [0.5, 0.6) is 0 Å². The number of carboxylic acid groups (broad SMARTS) is 1. The lowest BCUT2D eigenvalue weighted by molar-refractivity contribution is -0.140. The van der Waals surface area contributed by atoms with E-state index in [0.717, 1.165) is 0 Å². The summed E-state index contributed by atoms with van der Waals surface area (Å²) in [5.41, 5.74) is 0. The third-order valence-electron chi connectivity index (χ3n) is 0.494. The highest BCUT2D eigenvalue weighted by Gasteiger charge is 1.99. The first-order valence-corrected chi connectivity index (χ1v) is 2.25. The fourth-order valence-electron chi connectivity index (χ4n) is 0. The molecule has 0 radical (unpaired) electrons. The SMILES string of the molecule is CC(C)C(=O)O.O=NO. The van der Waals surface area contributed by atoms with E-state index in [1.807, 2.05) is 0 Å². The monoisotopic (exact) mass is 135 g/mol. The molecule has 0 fully saturated rings. The number of hydrogen-bond donors (Lipinski definition) is 2. The summed E-state index contributed by atoms with van der Waals surface area (Å²) in [5, 5.41) is 15.9. The molecule has 0 aromatic heterocycles. The first-order valence-electron chi connectivity index (χ1n) is 2.25. The van der Waals surface area contributed by atoms with Gasteiger partial charge < -0.3 is 10.3 Å². The maximum Gasteiger partial charge on any atom is 0.305 e. The summed E-state index contributed by atoms with van der Waals surface area (Å²) >= 11 is 0. The van der Waals surface area contributed by atoms with Crippen molar-refractivity contribution in [3.05, 3.63) is 4.91 Å². The Bertz CT molecular complexity index is 90.6. The molecule has 0 saturated carbocycles. The van der Waals surface area contributed by atoms with Gasteiger partial charge in [0.25, 0.3) is 0 Å². The zero-order valence-corrected chi connectivity index (χ0v) is 5.24. The Kier molecular flexibility index (Phi) is 8.23. The second-order valence-electron chi connectivity index (χ2n) is 1.57. The van der Waals surface area contributed by atoms with Crippen molar-refractivity contribution in [1.82, 2.24) is 0 Å². The van der Waals surface area contributed by atoms with E-state index in [-0.39, 0.29) is 5.92 Å². The van der Waals surface area contributed by atoms with Gasteiger partial charge in [-0.05, 0) is 0 Å². The minimum absolute atomic E-state index is 0.231. The summed E-state index contributed by atoms with van der Waals surface area (Å²) in [6.45, 7) is 3.28. The molecular weight excluding hydrogens is 126 g/mol. The van der Waals surface area contributed by atoms with E-state index in [1.54, 1.807) is 13.8 Å². The Labute approximate surface area is 52.2 Å². The summed E-state index contributed by atoms with van der Waals surface area (Å²) in [6.07, 6.45) is 0. The lowest BCUT2D eigenvalue weighted by Gasteiger charge is -1.89. The van der Waals surface area contributed by atoms with E-state index >= 15 is 0 Å². The fourth-order valence-corrected chi connectivity index (χ4v) is 0. The molecule has 5 heteroatoms. The predicted octanol–water partition coefficient (Wildman–Crippen LogP) is 0.869. The average molecular weight is 135 g/mol. The average Bonchev–Trinajstić information content (AvgIpc) is 1.68.